The van der Waals surface area contributed by atoms with Gasteiger partial charge in [-0.25, -0.2) is 0 Å². The Hall–Kier alpha value is 0.350. The molecule has 272 valence electrons. The third-order valence-corrected chi connectivity index (χ3v) is 11.4. The molecule has 0 saturated carbocycles. The maximum atomic E-state index is 4.45. The zero-order chi connectivity index (χ0) is 32.8. The summed E-state index contributed by atoms with van der Waals surface area (Å²) in [6, 6.07) is 0. The predicted molar refractivity (Wildman–Crippen MR) is 213 cm³/mol. The van der Waals surface area contributed by atoms with Crippen LogP contribution in [0.4, 0.5) is 0 Å². The highest BCUT2D eigenvalue weighted by atomic mass is 32.1. The third-order valence-electron chi connectivity index (χ3n) is 11.0. The molecule has 0 bridgehead atoms. The van der Waals surface area contributed by atoms with Crippen LogP contribution in [0.3, 0.4) is 0 Å². The molecule has 0 heterocycles. The molecule has 0 unspecified atom stereocenters. The van der Waals surface area contributed by atoms with Crippen molar-refractivity contribution in [2.75, 3.05) is 5.75 Å². The molecule has 0 saturated heterocycles. The van der Waals surface area contributed by atoms with Crippen LogP contribution >= 0.6 is 12.6 Å². The minimum Gasteiger partial charge on any atom is -0.179 e. The van der Waals surface area contributed by atoms with Crippen molar-refractivity contribution in [1.82, 2.24) is 0 Å². The van der Waals surface area contributed by atoms with E-state index in [4.69, 9.17) is 0 Å². The molecule has 0 aromatic heterocycles. The van der Waals surface area contributed by atoms with Crippen molar-refractivity contribution in [3.05, 3.63) is 0 Å². The molecule has 0 atom stereocenters. The highest BCUT2D eigenvalue weighted by Gasteiger charge is 2.28. The molecule has 45 heavy (non-hydrogen) atoms. The van der Waals surface area contributed by atoms with Crippen LogP contribution in [0.1, 0.15) is 271 Å². The van der Waals surface area contributed by atoms with Crippen LogP contribution in [0.2, 0.25) is 0 Å². The summed E-state index contributed by atoms with van der Waals surface area (Å²) in [5.74, 6) is 1.07. The molecule has 0 spiro atoms. The van der Waals surface area contributed by atoms with Crippen LogP contribution in [0.25, 0.3) is 0 Å². The van der Waals surface area contributed by atoms with Gasteiger partial charge in [-0.15, -0.1) is 0 Å². The molecule has 0 aliphatic rings. The maximum Gasteiger partial charge on any atom is -0.00979 e. The normalized spacial score (nSPS) is 12.0. The summed E-state index contributed by atoms with van der Waals surface area (Å²) in [6.45, 7) is 6.99. The number of thiol groups is 1. The van der Waals surface area contributed by atoms with Crippen molar-refractivity contribution in [2.24, 2.45) is 5.41 Å². The van der Waals surface area contributed by atoms with E-state index in [1.165, 1.54) is 250 Å². The summed E-state index contributed by atoms with van der Waals surface area (Å²) in [6.07, 6.45) is 57.3. The second-order valence-corrected chi connectivity index (χ2v) is 16.0. The van der Waals surface area contributed by atoms with Gasteiger partial charge in [-0.05, 0) is 43.3 Å². The van der Waals surface area contributed by atoms with E-state index >= 15 is 0 Å². The average molecular weight is 651 g/mol. The van der Waals surface area contributed by atoms with Gasteiger partial charge in [0.1, 0.15) is 0 Å². The van der Waals surface area contributed by atoms with Gasteiger partial charge in [-0.3, -0.25) is 0 Å². The van der Waals surface area contributed by atoms with Crippen molar-refractivity contribution in [2.45, 2.75) is 271 Å². The SMILES string of the molecule is CCCCCCCCCCCCC(CCCCCCCS)(CCCCCCCCCCCC)CCCCCCCCCCCC. The highest BCUT2D eigenvalue weighted by Crippen LogP contribution is 2.42. The summed E-state index contributed by atoms with van der Waals surface area (Å²) < 4.78 is 0. The van der Waals surface area contributed by atoms with E-state index in [2.05, 4.69) is 33.4 Å². The zero-order valence-corrected chi connectivity index (χ0v) is 33.1. The molecule has 0 aromatic rings. The fourth-order valence-corrected chi connectivity index (χ4v) is 8.08. The first-order chi connectivity index (χ1) is 22.2. The molecule has 1 heteroatoms. The Balaban J connectivity index is 4.77. The van der Waals surface area contributed by atoms with E-state index in [9.17, 15) is 0 Å². The summed E-state index contributed by atoms with van der Waals surface area (Å²) in [5.41, 5.74) is 0.657. The Labute approximate surface area is 294 Å². The Morgan fingerprint density at radius 1 is 0.244 bits per heavy atom. The Bertz CT molecular complexity index is 453. The minimum absolute atomic E-state index is 0.657. The first-order valence-electron chi connectivity index (χ1n) is 21.9. The maximum absolute atomic E-state index is 4.45. The molecule has 0 rings (SSSR count). The first kappa shape index (κ1) is 45.3. The lowest BCUT2D eigenvalue weighted by Crippen LogP contribution is -2.21. The fraction of sp³-hybridized carbons (Fsp3) is 1.00. The third kappa shape index (κ3) is 34.0. The molecule has 0 N–H and O–H groups in total. The van der Waals surface area contributed by atoms with Crippen LogP contribution in [0.15, 0.2) is 0 Å². The van der Waals surface area contributed by atoms with Gasteiger partial charge in [0.05, 0.1) is 0 Å². The lowest BCUT2D eigenvalue weighted by molar-refractivity contribution is 0.171. The summed E-state index contributed by atoms with van der Waals surface area (Å²) >= 11 is 4.45. The molecule has 0 aliphatic carbocycles. The van der Waals surface area contributed by atoms with Crippen LogP contribution in [-0.4, -0.2) is 5.75 Å². The predicted octanol–water partition coefficient (Wildman–Crippen LogP) is 17.2. The Kier molecular flexibility index (Phi) is 39.1. The van der Waals surface area contributed by atoms with E-state index in [1.54, 1.807) is 0 Å². The number of rotatable bonds is 40. The number of hydrogen-bond acceptors (Lipinski definition) is 1. The van der Waals surface area contributed by atoms with Crippen molar-refractivity contribution in [1.29, 1.82) is 0 Å². The lowest BCUT2D eigenvalue weighted by atomic mass is 9.70. The Morgan fingerprint density at radius 3 is 0.622 bits per heavy atom. The molecule has 0 nitrogen and oxygen atoms in total. The smallest absolute Gasteiger partial charge is 0.00979 e. The van der Waals surface area contributed by atoms with Gasteiger partial charge in [-0.1, -0.05) is 239 Å². The zero-order valence-electron chi connectivity index (χ0n) is 32.2. The minimum atomic E-state index is 0.657. The quantitative estimate of drug-likeness (QED) is 0.0495. The van der Waals surface area contributed by atoms with Crippen LogP contribution < -0.4 is 0 Å². The topological polar surface area (TPSA) is 0 Å². The first-order valence-corrected chi connectivity index (χ1v) is 22.5. The van der Waals surface area contributed by atoms with E-state index in [0.717, 1.165) is 5.75 Å². The summed E-state index contributed by atoms with van der Waals surface area (Å²) in [5, 5.41) is 0. The van der Waals surface area contributed by atoms with Crippen LogP contribution in [0.5, 0.6) is 0 Å². The molecule has 0 fully saturated rings. The van der Waals surface area contributed by atoms with Gasteiger partial charge >= 0.3 is 0 Å². The van der Waals surface area contributed by atoms with Crippen LogP contribution in [-0.2, 0) is 0 Å². The van der Waals surface area contributed by atoms with Crippen molar-refractivity contribution >= 4 is 12.6 Å². The van der Waals surface area contributed by atoms with Crippen molar-refractivity contribution in [3.8, 4) is 0 Å². The summed E-state index contributed by atoms with van der Waals surface area (Å²) in [4.78, 5) is 0. The number of unbranched alkanes of at least 4 members (excludes halogenated alkanes) is 31. The molecule has 0 radical (unpaired) electrons. The van der Waals surface area contributed by atoms with Gasteiger partial charge in [0.25, 0.3) is 0 Å². The molecule has 0 amide bonds. The monoisotopic (exact) mass is 651 g/mol. The lowest BCUT2D eigenvalue weighted by Gasteiger charge is -2.35. The fourth-order valence-electron chi connectivity index (χ4n) is 7.85. The van der Waals surface area contributed by atoms with E-state index in [0.29, 0.717) is 5.41 Å². The van der Waals surface area contributed by atoms with Gasteiger partial charge in [-0.2, -0.15) is 12.6 Å². The largest absolute Gasteiger partial charge is 0.179 e. The van der Waals surface area contributed by atoms with Gasteiger partial charge in [0, 0.05) is 0 Å². The second kappa shape index (κ2) is 38.8. The molecule has 0 aliphatic heterocycles. The molecular weight excluding hydrogens is 561 g/mol. The number of hydrogen-bond donors (Lipinski definition) is 1. The van der Waals surface area contributed by atoms with Crippen LogP contribution in [0, 0.1) is 5.41 Å². The van der Waals surface area contributed by atoms with Gasteiger partial charge < -0.3 is 0 Å². The van der Waals surface area contributed by atoms with Crippen molar-refractivity contribution in [3.63, 3.8) is 0 Å². The van der Waals surface area contributed by atoms with Gasteiger partial charge in [0.15, 0.2) is 0 Å². The average Bonchev–Trinajstić information content (AvgIpc) is 3.05. The van der Waals surface area contributed by atoms with E-state index in [-0.39, 0.29) is 0 Å². The van der Waals surface area contributed by atoms with Gasteiger partial charge in [0.2, 0.25) is 0 Å². The highest BCUT2D eigenvalue weighted by molar-refractivity contribution is 7.80. The summed E-state index contributed by atoms with van der Waals surface area (Å²) in [7, 11) is 0. The molecular formula is C44H90S. The second-order valence-electron chi connectivity index (χ2n) is 15.5. The molecule has 0 aromatic carbocycles. The van der Waals surface area contributed by atoms with Crippen molar-refractivity contribution < 1.29 is 0 Å². The van der Waals surface area contributed by atoms with E-state index in [1.807, 2.05) is 0 Å². The standard InChI is InChI=1S/C44H90S/c1-4-7-10-13-16-19-22-25-29-34-39-44(42-37-32-28-33-38-43-45,40-35-30-26-23-20-17-14-11-8-5-2)41-36-31-27-24-21-18-15-12-9-6-3/h45H,4-43H2,1-3H3. The Morgan fingerprint density at radius 2 is 0.422 bits per heavy atom. The van der Waals surface area contributed by atoms with E-state index < -0.39 is 0 Å².